The van der Waals surface area contributed by atoms with Gasteiger partial charge in [-0.25, -0.2) is 13.2 Å². The molecule has 6 nitrogen and oxygen atoms in total. The van der Waals surface area contributed by atoms with E-state index in [0.29, 0.717) is 34.9 Å². The van der Waals surface area contributed by atoms with Crippen LogP contribution in [0.25, 0.3) is 5.70 Å². The summed E-state index contributed by atoms with van der Waals surface area (Å²) >= 11 is 6.64. The van der Waals surface area contributed by atoms with E-state index < -0.39 is 21.7 Å². The number of nitrogens with one attached hydrogen (secondary N) is 1. The highest BCUT2D eigenvalue weighted by atomic mass is 35.5. The lowest BCUT2D eigenvalue weighted by molar-refractivity contribution is -0.139. The Morgan fingerprint density at radius 3 is 2.49 bits per heavy atom. The summed E-state index contributed by atoms with van der Waals surface area (Å²) in [5.74, 6) is -1.50. The van der Waals surface area contributed by atoms with Gasteiger partial charge in [-0.05, 0) is 43.1 Å². The third-order valence-electron chi connectivity index (χ3n) is 7.21. The first-order valence-corrected chi connectivity index (χ1v) is 15.0. The Balaban J connectivity index is 1.49. The minimum Gasteiger partial charge on any atom is -0.461 e. The third-order valence-corrected chi connectivity index (χ3v) is 9.41. The van der Waals surface area contributed by atoms with Gasteiger partial charge in [-0.3, -0.25) is 4.90 Å². The average molecular weight is 563 g/mol. The predicted molar refractivity (Wildman–Crippen MR) is 155 cm³/mol. The Morgan fingerprint density at radius 1 is 1.03 bits per heavy atom. The molecule has 202 valence electrons. The topological polar surface area (TPSA) is 75.7 Å². The first-order chi connectivity index (χ1) is 18.8. The molecule has 3 aromatic carbocycles. The highest BCUT2D eigenvalue weighted by molar-refractivity contribution is 7.95. The first kappa shape index (κ1) is 27.2. The number of halogens is 1. The molecule has 5 rings (SSSR count). The van der Waals surface area contributed by atoms with Crippen LogP contribution >= 0.6 is 11.6 Å². The molecule has 0 fully saturated rings. The molecule has 0 radical (unpaired) electrons. The number of hydrogen-bond donors (Lipinski definition) is 1. The highest BCUT2D eigenvalue weighted by Gasteiger charge is 2.43. The van der Waals surface area contributed by atoms with Crippen molar-refractivity contribution in [3.8, 4) is 0 Å². The molecule has 2 heterocycles. The maximum Gasteiger partial charge on any atom is 0.336 e. The van der Waals surface area contributed by atoms with E-state index in [4.69, 9.17) is 16.3 Å². The molecule has 2 aliphatic heterocycles. The van der Waals surface area contributed by atoms with Gasteiger partial charge in [0.2, 0.25) is 0 Å². The summed E-state index contributed by atoms with van der Waals surface area (Å²) in [5.41, 5.74) is 4.80. The van der Waals surface area contributed by atoms with Crippen LogP contribution in [0.15, 0.2) is 95.0 Å². The van der Waals surface area contributed by atoms with Gasteiger partial charge in [-0.1, -0.05) is 84.4 Å². The molecule has 3 aromatic rings. The third kappa shape index (κ3) is 5.66. The summed E-state index contributed by atoms with van der Waals surface area (Å²) in [6.07, 6.45) is 0.384. The summed E-state index contributed by atoms with van der Waals surface area (Å²) in [5, 5.41) is 3.67. The standard InChI is InChI=1S/C31H31ClN2O4S/c1-21-27(31(35)38-18-17-34(2)20-22-10-4-3-5-11-22)28(25-14-8-9-15-26(25)32)30-29(33-21)24-13-7-6-12-23(24)16-19-39(30,36)37/h3-15,28,33H,16-20H2,1-2H3. The van der Waals surface area contributed by atoms with Crippen molar-refractivity contribution in [2.75, 3.05) is 26.0 Å². The second-order valence-corrected chi connectivity index (χ2v) is 12.4. The van der Waals surface area contributed by atoms with E-state index in [-0.39, 0.29) is 22.8 Å². The predicted octanol–water partition coefficient (Wildman–Crippen LogP) is 5.32. The van der Waals surface area contributed by atoms with Crippen LogP contribution in [0, 0.1) is 0 Å². The van der Waals surface area contributed by atoms with Crippen LogP contribution in [0.4, 0.5) is 0 Å². The van der Waals surface area contributed by atoms with Gasteiger partial charge in [0.05, 0.1) is 27.8 Å². The fourth-order valence-electron chi connectivity index (χ4n) is 5.30. The van der Waals surface area contributed by atoms with E-state index in [2.05, 4.69) is 22.3 Å². The van der Waals surface area contributed by atoms with Crippen LogP contribution in [0.3, 0.4) is 0 Å². The summed E-state index contributed by atoms with van der Waals surface area (Å²) in [7, 11) is -1.79. The lowest BCUT2D eigenvalue weighted by Gasteiger charge is -2.32. The number of carbonyl (C=O) groups is 1. The molecule has 2 aliphatic rings. The van der Waals surface area contributed by atoms with Crippen LogP contribution in [0.1, 0.15) is 35.1 Å². The van der Waals surface area contributed by atoms with Gasteiger partial charge >= 0.3 is 5.97 Å². The Kier molecular flexibility index (Phi) is 7.93. The number of aryl methyl sites for hydroxylation is 1. The van der Waals surface area contributed by atoms with Crippen molar-refractivity contribution in [2.45, 2.75) is 25.8 Å². The summed E-state index contributed by atoms with van der Waals surface area (Å²) in [6, 6.07) is 24.8. The molecule has 39 heavy (non-hydrogen) atoms. The zero-order chi connectivity index (χ0) is 27.6. The van der Waals surface area contributed by atoms with Gasteiger partial charge in [0.25, 0.3) is 0 Å². The number of likely N-dealkylation sites (N-methyl/N-ethyl adjacent to an activating group) is 1. The van der Waals surface area contributed by atoms with Gasteiger partial charge in [0.15, 0.2) is 9.84 Å². The molecular formula is C31H31ClN2O4S. The summed E-state index contributed by atoms with van der Waals surface area (Å²) < 4.78 is 33.4. The van der Waals surface area contributed by atoms with E-state index in [1.165, 1.54) is 5.56 Å². The molecule has 8 heteroatoms. The lowest BCUT2D eigenvalue weighted by atomic mass is 9.84. The van der Waals surface area contributed by atoms with E-state index >= 15 is 0 Å². The Bertz CT molecular complexity index is 1560. The monoisotopic (exact) mass is 562 g/mol. The number of hydrogen-bond acceptors (Lipinski definition) is 6. The van der Waals surface area contributed by atoms with Gasteiger partial charge < -0.3 is 10.1 Å². The second-order valence-electron chi connectivity index (χ2n) is 9.94. The smallest absolute Gasteiger partial charge is 0.336 e. The Hall–Kier alpha value is -3.39. The number of nitrogens with zero attached hydrogens (tertiary/aromatic N) is 1. The van der Waals surface area contributed by atoms with Crippen LogP contribution in [0.2, 0.25) is 5.02 Å². The summed E-state index contributed by atoms with van der Waals surface area (Å²) in [6.45, 7) is 3.19. The van der Waals surface area contributed by atoms with Gasteiger partial charge in [-0.2, -0.15) is 0 Å². The fourth-order valence-corrected chi connectivity index (χ4v) is 7.33. The number of allylic oxidation sites excluding steroid dienone is 2. The van der Waals surface area contributed by atoms with Crippen LogP contribution in [-0.4, -0.2) is 45.2 Å². The number of dihydropyridines is 1. The van der Waals surface area contributed by atoms with Crippen LogP contribution in [0.5, 0.6) is 0 Å². The quantitative estimate of drug-likeness (QED) is 0.393. The number of sulfone groups is 1. The largest absolute Gasteiger partial charge is 0.461 e. The van der Waals surface area contributed by atoms with Crippen LogP contribution < -0.4 is 5.32 Å². The molecule has 0 amide bonds. The molecular weight excluding hydrogens is 532 g/mol. The number of carbonyl (C=O) groups excluding carboxylic acids is 1. The first-order valence-electron chi connectivity index (χ1n) is 12.9. The van der Waals surface area contributed by atoms with Crippen molar-refractivity contribution in [1.29, 1.82) is 0 Å². The van der Waals surface area contributed by atoms with E-state index in [1.54, 1.807) is 31.2 Å². The lowest BCUT2D eigenvalue weighted by Crippen LogP contribution is -2.33. The summed E-state index contributed by atoms with van der Waals surface area (Å²) in [4.78, 5) is 15.9. The number of rotatable bonds is 7. The fraction of sp³-hybridized carbons (Fsp3) is 0.258. The Labute approximate surface area is 234 Å². The second kappa shape index (κ2) is 11.4. The van der Waals surface area contributed by atoms with Crippen molar-refractivity contribution in [2.24, 2.45) is 0 Å². The number of ether oxygens (including phenoxy) is 1. The molecule has 0 bridgehead atoms. The molecule has 1 atom stereocenters. The Morgan fingerprint density at radius 2 is 1.72 bits per heavy atom. The molecule has 0 aromatic heterocycles. The maximum atomic E-state index is 13.8. The molecule has 0 saturated carbocycles. The molecule has 0 spiro atoms. The van der Waals surface area contributed by atoms with E-state index in [1.807, 2.05) is 49.5 Å². The van der Waals surface area contributed by atoms with Crippen molar-refractivity contribution in [3.63, 3.8) is 0 Å². The number of benzene rings is 3. The molecule has 1 N–H and O–H groups in total. The van der Waals surface area contributed by atoms with Crippen molar-refractivity contribution < 1.29 is 17.9 Å². The number of esters is 1. The average Bonchev–Trinajstić information content (AvgIpc) is 3.02. The zero-order valence-corrected chi connectivity index (χ0v) is 23.6. The maximum absolute atomic E-state index is 13.8. The molecule has 0 saturated heterocycles. The molecule has 0 aliphatic carbocycles. The zero-order valence-electron chi connectivity index (χ0n) is 22.0. The minimum atomic E-state index is -3.75. The van der Waals surface area contributed by atoms with E-state index in [0.717, 1.165) is 17.7 Å². The molecule has 1 unspecified atom stereocenters. The highest BCUT2D eigenvalue weighted by Crippen LogP contribution is 2.47. The van der Waals surface area contributed by atoms with Gasteiger partial charge in [0.1, 0.15) is 6.61 Å². The minimum absolute atomic E-state index is 0.0584. The normalized spacial score (nSPS) is 18.2. The van der Waals surface area contributed by atoms with Crippen molar-refractivity contribution >= 4 is 33.1 Å². The van der Waals surface area contributed by atoms with Crippen LogP contribution in [-0.2, 0) is 32.3 Å². The van der Waals surface area contributed by atoms with Crippen molar-refractivity contribution in [3.05, 3.63) is 122 Å². The van der Waals surface area contributed by atoms with Gasteiger partial charge in [0, 0.05) is 29.4 Å². The van der Waals surface area contributed by atoms with Crippen molar-refractivity contribution in [1.82, 2.24) is 10.2 Å². The van der Waals surface area contributed by atoms with Gasteiger partial charge in [-0.15, -0.1) is 0 Å². The SMILES string of the molecule is CC1=C(C(=O)OCCN(C)Cc2ccccc2)C(c2ccccc2Cl)C2=C(N1)c1ccccc1CCS2(=O)=O. The number of fused-ring (bicyclic) bond motifs is 2. The van der Waals surface area contributed by atoms with E-state index in [9.17, 15) is 13.2 Å².